The Morgan fingerprint density at radius 1 is 1.62 bits per heavy atom. The van der Waals surface area contributed by atoms with Crippen LogP contribution in [0.5, 0.6) is 0 Å². The zero-order valence-corrected chi connectivity index (χ0v) is 11.8. The highest BCUT2D eigenvalue weighted by molar-refractivity contribution is 7.98. The first kappa shape index (κ1) is 14.3. The van der Waals surface area contributed by atoms with Crippen molar-refractivity contribution in [3.8, 4) is 0 Å². The number of likely N-dealkylation sites (N-methyl/N-ethyl adjacent to an activating group) is 1. The predicted octanol–water partition coefficient (Wildman–Crippen LogP) is 1.57. The molecule has 3 unspecified atom stereocenters. The summed E-state index contributed by atoms with van der Waals surface area (Å²) in [5.74, 6) is 1.21. The normalized spacial score (nSPS) is 32.2. The van der Waals surface area contributed by atoms with Crippen molar-refractivity contribution in [1.29, 1.82) is 0 Å². The van der Waals surface area contributed by atoms with E-state index in [1.165, 1.54) is 12.2 Å². The van der Waals surface area contributed by atoms with E-state index in [1.54, 1.807) is 0 Å². The zero-order valence-electron chi connectivity index (χ0n) is 11.0. The van der Waals surface area contributed by atoms with E-state index >= 15 is 0 Å². The van der Waals surface area contributed by atoms with E-state index in [0.717, 1.165) is 13.0 Å². The van der Waals surface area contributed by atoms with Gasteiger partial charge in [-0.3, -0.25) is 4.90 Å². The smallest absolute Gasteiger partial charge is 0.0743 e. The SMILES string of the molecule is CSCCC(C)N(C)C1(CN)CCOC1C. The molecule has 1 rings (SSSR count). The van der Waals surface area contributed by atoms with Crippen LogP contribution in [0.3, 0.4) is 0 Å². The number of nitrogens with two attached hydrogens (primary N) is 1. The van der Waals surface area contributed by atoms with Gasteiger partial charge in [0, 0.05) is 19.2 Å². The lowest BCUT2D eigenvalue weighted by atomic mass is 9.88. The summed E-state index contributed by atoms with van der Waals surface area (Å²) in [5, 5.41) is 0. The highest BCUT2D eigenvalue weighted by atomic mass is 32.2. The monoisotopic (exact) mass is 246 g/mol. The van der Waals surface area contributed by atoms with Crippen LogP contribution in [0.2, 0.25) is 0 Å². The lowest BCUT2D eigenvalue weighted by molar-refractivity contribution is 0.00940. The van der Waals surface area contributed by atoms with Crippen molar-refractivity contribution in [2.24, 2.45) is 5.73 Å². The van der Waals surface area contributed by atoms with Crippen molar-refractivity contribution < 1.29 is 4.74 Å². The molecule has 0 aliphatic carbocycles. The molecule has 4 heteroatoms. The highest BCUT2D eigenvalue weighted by Gasteiger charge is 2.44. The minimum absolute atomic E-state index is 0.0534. The van der Waals surface area contributed by atoms with Gasteiger partial charge in [0.05, 0.1) is 11.6 Å². The quantitative estimate of drug-likeness (QED) is 0.772. The maximum absolute atomic E-state index is 6.00. The summed E-state index contributed by atoms with van der Waals surface area (Å²) in [4.78, 5) is 2.45. The van der Waals surface area contributed by atoms with E-state index in [9.17, 15) is 0 Å². The van der Waals surface area contributed by atoms with Gasteiger partial charge in [-0.2, -0.15) is 11.8 Å². The molecule has 1 aliphatic heterocycles. The molecule has 3 atom stereocenters. The molecule has 0 spiro atoms. The summed E-state index contributed by atoms with van der Waals surface area (Å²) in [6.45, 7) is 5.97. The Labute approximate surface area is 104 Å². The van der Waals surface area contributed by atoms with Crippen LogP contribution < -0.4 is 5.73 Å². The molecule has 0 amide bonds. The third-order valence-corrected chi connectivity index (χ3v) is 4.76. The Bertz CT molecular complexity index is 215. The fourth-order valence-electron chi connectivity index (χ4n) is 2.57. The standard InChI is InChI=1S/C12H26N2OS/c1-10(5-8-16-4)14(3)12(9-13)6-7-15-11(12)2/h10-11H,5-9,13H2,1-4H3. The fraction of sp³-hybridized carbons (Fsp3) is 1.00. The molecule has 16 heavy (non-hydrogen) atoms. The molecule has 1 fully saturated rings. The van der Waals surface area contributed by atoms with Crippen LogP contribution in [-0.2, 0) is 4.74 Å². The van der Waals surface area contributed by atoms with Gasteiger partial charge in [-0.05, 0) is 45.7 Å². The Balaban J connectivity index is 2.64. The summed E-state index contributed by atoms with van der Waals surface area (Å²) >= 11 is 1.91. The van der Waals surface area contributed by atoms with Crippen LogP contribution >= 0.6 is 11.8 Å². The van der Waals surface area contributed by atoms with Crippen LogP contribution in [0.1, 0.15) is 26.7 Å². The Morgan fingerprint density at radius 3 is 2.75 bits per heavy atom. The summed E-state index contributed by atoms with van der Waals surface area (Å²) in [6, 6.07) is 0.570. The Hall–Kier alpha value is 0.230. The number of nitrogens with zero attached hydrogens (tertiary/aromatic N) is 1. The second kappa shape index (κ2) is 6.24. The first-order chi connectivity index (χ1) is 7.58. The third-order valence-electron chi connectivity index (χ3n) is 4.12. The molecule has 96 valence electrons. The molecule has 0 aromatic rings. The second-order valence-electron chi connectivity index (χ2n) is 4.81. The summed E-state index contributed by atoms with van der Waals surface area (Å²) in [6.07, 6.45) is 4.68. The molecule has 3 nitrogen and oxygen atoms in total. The van der Waals surface area contributed by atoms with Crippen molar-refractivity contribution in [2.75, 3.05) is 32.2 Å². The molecular formula is C12H26N2OS. The van der Waals surface area contributed by atoms with E-state index in [1.807, 2.05) is 11.8 Å². The molecule has 0 bridgehead atoms. The number of hydrogen-bond donors (Lipinski definition) is 1. The van der Waals surface area contributed by atoms with Gasteiger partial charge < -0.3 is 10.5 Å². The van der Waals surface area contributed by atoms with Gasteiger partial charge in [0.1, 0.15) is 0 Å². The zero-order chi connectivity index (χ0) is 12.2. The number of rotatable bonds is 6. The molecule has 0 saturated carbocycles. The van der Waals surface area contributed by atoms with Crippen LogP contribution in [0, 0.1) is 0 Å². The molecule has 1 heterocycles. The van der Waals surface area contributed by atoms with Crippen molar-refractivity contribution >= 4 is 11.8 Å². The molecule has 1 saturated heterocycles. The molecule has 0 aromatic carbocycles. The Morgan fingerprint density at radius 2 is 2.31 bits per heavy atom. The number of hydrogen-bond acceptors (Lipinski definition) is 4. The molecule has 0 aromatic heterocycles. The van der Waals surface area contributed by atoms with E-state index in [2.05, 4.69) is 32.1 Å². The average molecular weight is 246 g/mol. The van der Waals surface area contributed by atoms with Gasteiger partial charge in [-0.15, -0.1) is 0 Å². The first-order valence-electron chi connectivity index (χ1n) is 6.12. The Kier molecular flexibility index (Phi) is 5.57. The molecule has 0 radical (unpaired) electrons. The molecule has 1 aliphatic rings. The highest BCUT2D eigenvalue weighted by Crippen LogP contribution is 2.32. The summed E-state index contributed by atoms with van der Waals surface area (Å²) < 4.78 is 5.71. The van der Waals surface area contributed by atoms with Gasteiger partial charge in [-0.25, -0.2) is 0 Å². The fourth-order valence-corrected chi connectivity index (χ4v) is 3.14. The van der Waals surface area contributed by atoms with Crippen molar-refractivity contribution in [3.05, 3.63) is 0 Å². The molecular weight excluding hydrogens is 220 g/mol. The van der Waals surface area contributed by atoms with Crippen LogP contribution in [-0.4, -0.2) is 54.8 Å². The minimum atomic E-state index is 0.0534. The summed E-state index contributed by atoms with van der Waals surface area (Å²) in [5.41, 5.74) is 6.05. The van der Waals surface area contributed by atoms with Gasteiger partial charge in [0.15, 0.2) is 0 Å². The summed E-state index contributed by atoms with van der Waals surface area (Å²) in [7, 11) is 2.20. The number of ether oxygens (including phenoxy) is 1. The van der Waals surface area contributed by atoms with Gasteiger partial charge >= 0.3 is 0 Å². The van der Waals surface area contributed by atoms with E-state index < -0.39 is 0 Å². The van der Waals surface area contributed by atoms with Crippen LogP contribution in [0.15, 0.2) is 0 Å². The van der Waals surface area contributed by atoms with Gasteiger partial charge in [-0.1, -0.05) is 0 Å². The first-order valence-corrected chi connectivity index (χ1v) is 7.51. The lowest BCUT2D eigenvalue weighted by Crippen LogP contribution is -2.59. The molecule has 2 N–H and O–H groups in total. The van der Waals surface area contributed by atoms with E-state index in [0.29, 0.717) is 12.6 Å². The average Bonchev–Trinajstić information content (AvgIpc) is 2.67. The second-order valence-corrected chi connectivity index (χ2v) is 5.80. The number of thioether (sulfide) groups is 1. The van der Waals surface area contributed by atoms with Crippen LogP contribution in [0.4, 0.5) is 0 Å². The van der Waals surface area contributed by atoms with Crippen LogP contribution in [0.25, 0.3) is 0 Å². The van der Waals surface area contributed by atoms with Crippen molar-refractivity contribution in [3.63, 3.8) is 0 Å². The minimum Gasteiger partial charge on any atom is -0.376 e. The lowest BCUT2D eigenvalue weighted by Gasteiger charge is -2.43. The van der Waals surface area contributed by atoms with Crippen molar-refractivity contribution in [2.45, 2.75) is 44.4 Å². The largest absolute Gasteiger partial charge is 0.376 e. The van der Waals surface area contributed by atoms with Crippen molar-refractivity contribution in [1.82, 2.24) is 4.90 Å². The van der Waals surface area contributed by atoms with Gasteiger partial charge in [0.2, 0.25) is 0 Å². The van der Waals surface area contributed by atoms with E-state index in [4.69, 9.17) is 10.5 Å². The maximum atomic E-state index is 6.00. The maximum Gasteiger partial charge on any atom is 0.0743 e. The van der Waals surface area contributed by atoms with Gasteiger partial charge in [0.25, 0.3) is 0 Å². The van der Waals surface area contributed by atoms with E-state index in [-0.39, 0.29) is 11.6 Å². The predicted molar refractivity (Wildman–Crippen MR) is 72.0 cm³/mol. The third kappa shape index (κ3) is 2.73. The topological polar surface area (TPSA) is 38.5 Å².